The maximum atomic E-state index is 13.7. The summed E-state index contributed by atoms with van der Waals surface area (Å²) in [6.45, 7) is 10.3. The molecule has 3 aromatic carbocycles. The number of likely N-dealkylation sites (tertiary alicyclic amines) is 1. The lowest BCUT2D eigenvalue weighted by molar-refractivity contribution is -0.137. The first-order valence-corrected chi connectivity index (χ1v) is 25.6. The summed E-state index contributed by atoms with van der Waals surface area (Å²) in [7, 11) is 0. The van der Waals surface area contributed by atoms with Gasteiger partial charge in [0, 0.05) is 91.9 Å². The Labute approximate surface area is 436 Å². The average molecular weight is 1030 g/mol. The molecule has 396 valence electrons. The van der Waals surface area contributed by atoms with Crippen molar-refractivity contribution in [2.45, 2.75) is 109 Å². The number of fused-ring (bicyclic) bond motifs is 1. The Hall–Kier alpha value is -7.71. The highest BCUT2D eigenvalue weighted by atomic mass is 16.6. The highest BCUT2D eigenvalue weighted by Gasteiger charge is 2.42. The van der Waals surface area contributed by atoms with Gasteiger partial charge in [-0.2, -0.15) is 5.10 Å². The fourth-order valence-corrected chi connectivity index (χ4v) is 9.25. The first-order valence-electron chi connectivity index (χ1n) is 25.6. The van der Waals surface area contributed by atoms with Crippen LogP contribution in [0.25, 0.3) is 11.4 Å². The zero-order chi connectivity index (χ0) is 53.0. The van der Waals surface area contributed by atoms with Crippen LogP contribution in [0.4, 0.5) is 16.2 Å². The summed E-state index contributed by atoms with van der Waals surface area (Å²) in [5.41, 5.74) is 3.15. The molecule has 0 bridgehead atoms. The molecule has 3 aliphatic rings. The van der Waals surface area contributed by atoms with E-state index in [-0.39, 0.29) is 61.8 Å². The number of rotatable bonds is 22. The molecular weight excluding hydrogens is 961 g/mol. The summed E-state index contributed by atoms with van der Waals surface area (Å²) in [6, 6.07) is 22.8. The van der Waals surface area contributed by atoms with Gasteiger partial charge in [-0.15, -0.1) is 0 Å². The fraction of sp³-hybridized carbons (Fsp3) is 0.436. The van der Waals surface area contributed by atoms with Crippen molar-refractivity contribution in [2.24, 2.45) is 0 Å². The molecular formula is C55H66N10O10. The SMILES string of the molecule is C[C@H](NC(=O)c1cccc(NC2(c3nc(-c4ccncc4)n[nH]3)CCN(C(=O)OC(C)(C)C)CC2)c1)c1ccc(OCCCCCOCCCOCC(=O)Nc2cccc3c2CN(C2CCC(=O)NC2=O)C3=O)cc1. The van der Waals surface area contributed by atoms with Gasteiger partial charge in [-0.05, 0) is 133 Å². The van der Waals surface area contributed by atoms with Crippen molar-refractivity contribution in [3.05, 3.63) is 119 Å². The standard InChI is InChI=1S/C55H66N10O10/c1-36(57-49(68)39-11-8-12-40(33-39)61-55(23-27-64(28-24-55)53(71)75-54(2,3)4)52-60-48(62-63-52)38-21-25-56-26-22-38)37-15-17-41(18-16-37)74-32-7-5-6-29-72-30-10-31-73-35-47(67)58-44-14-9-13-42-43(44)34-65(51(42)70)45-19-20-46(66)59-50(45)69/h8-9,11-18,21-22,25-26,33,36,45,61H,5-7,10,19-20,23-24,27-32,34-35H2,1-4H3,(H,57,68)(H,58,67)(H,59,66,69)(H,60,62,63)/t36-,45?/m0/s1. The maximum Gasteiger partial charge on any atom is 0.410 e. The number of hydrogen-bond acceptors (Lipinski definition) is 14. The highest BCUT2D eigenvalue weighted by Crippen LogP contribution is 2.37. The number of aromatic amines is 1. The van der Waals surface area contributed by atoms with Gasteiger partial charge in [0.25, 0.3) is 11.8 Å². The van der Waals surface area contributed by atoms with E-state index < -0.39 is 23.1 Å². The van der Waals surface area contributed by atoms with Crippen molar-refractivity contribution >= 4 is 47.0 Å². The number of imide groups is 1. The lowest BCUT2D eigenvalue weighted by Crippen LogP contribution is -2.52. The van der Waals surface area contributed by atoms with Gasteiger partial charge in [0.05, 0.1) is 12.6 Å². The molecule has 0 saturated carbocycles. The first-order chi connectivity index (χ1) is 36.1. The minimum Gasteiger partial charge on any atom is -0.494 e. The third-order valence-corrected chi connectivity index (χ3v) is 13.3. The van der Waals surface area contributed by atoms with Gasteiger partial charge in [0.1, 0.15) is 29.5 Å². The quantitative estimate of drug-likeness (QED) is 0.0344. The van der Waals surface area contributed by atoms with E-state index in [1.54, 1.807) is 41.6 Å². The van der Waals surface area contributed by atoms with E-state index in [0.717, 1.165) is 41.8 Å². The third-order valence-electron chi connectivity index (χ3n) is 13.3. The minimum atomic E-state index is -0.736. The van der Waals surface area contributed by atoms with E-state index >= 15 is 0 Å². The molecule has 2 atom stereocenters. The number of benzene rings is 3. The molecule has 1 unspecified atom stereocenters. The van der Waals surface area contributed by atoms with Crippen LogP contribution in [-0.4, -0.2) is 123 Å². The summed E-state index contributed by atoms with van der Waals surface area (Å²) in [6.07, 6.45) is 7.74. The number of aromatic nitrogens is 4. The Kier molecular flexibility index (Phi) is 17.5. The molecule has 5 N–H and O–H groups in total. The van der Waals surface area contributed by atoms with Gasteiger partial charge in [-0.25, -0.2) is 9.78 Å². The van der Waals surface area contributed by atoms with Crippen LogP contribution in [-0.2, 0) is 40.7 Å². The molecule has 0 spiro atoms. The Morgan fingerprint density at radius 1 is 0.867 bits per heavy atom. The normalized spacial score (nSPS) is 16.7. The molecule has 20 heteroatoms. The number of ether oxygens (including phenoxy) is 4. The highest BCUT2D eigenvalue weighted by molar-refractivity contribution is 6.07. The number of H-pyrrole nitrogens is 1. The third kappa shape index (κ3) is 14.1. The number of nitrogens with zero attached hydrogens (tertiary/aromatic N) is 5. The molecule has 75 heavy (non-hydrogen) atoms. The number of amides is 6. The largest absolute Gasteiger partial charge is 0.494 e. The van der Waals surface area contributed by atoms with E-state index in [4.69, 9.17) is 23.9 Å². The Bertz CT molecular complexity index is 2810. The van der Waals surface area contributed by atoms with Crippen molar-refractivity contribution in [3.63, 3.8) is 0 Å². The molecule has 8 rings (SSSR count). The van der Waals surface area contributed by atoms with Crippen LogP contribution in [0.1, 0.15) is 123 Å². The van der Waals surface area contributed by atoms with Crippen LogP contribution in [0.5, 0.6) is 5.75 Å². The van der Waals surface area contributed by atoms with Crippen LogP contribution in [0.3, 0.4) is 0 Å². The van der Waals surface area contributed by atoms with Gasteiger partial charge in [0.15, 0.2) is 11.6 Å². The lowest BCUT2D eigenvalue weighted by atomic mass is 9.86. The zero-order valence-corrected chi connectivity index (χ0v) is 42.9. The molecule has 6 amide bonds. The molecule has 5 heterocycles. The van der Waals surface area contributed by atoms with Crippen LogP contribution >= 0.6 is 0 Å². The van der Waals surface area contributed by atoms with Crippen molar-refractivity contribution < 1.29 is 47.7 Å². The summed E-state index contributed by atoms with van der Waals surface area (Å²) in [5, 5.41) is 19.6. The second kappa shape index (κ2) is 24.5. The zero-order valence-electron chi connectivity index (χ0n) is 42.9. The number of pyridine rings is 1. The molecule has 3 aliphatic heterocycles. The lowest BCUT2D eigenvalue weighted by Gasteiger charge is -2.41. The van der Waals surface area contributed by atoms with Crippen molar-refractivity contribution in [1.29, 1.82) is 0 Å². The van der Waals surface area contributed by atoms with Crippen LogP contribution in [0.15, 0.2) is 91.3 Å². The van der Waals surface area contributed by atoms with Crippen molar-refractivity contribution in [2.75, 3.05) is 56.8 Å². The molecule has 0 aliphatic carbocycles. The molecule has 2 aromatic heterocycles. The maximum absolute atomic E-state index is 13.7. The number of anilines is 2. The van der Waals surface area contributed by atoms with E-state index in [0.29, 0.717) is 92.8 Å². The number of nitrogens with one attached hydrogen (secondary N) is 5. The second-order valence-electron chi connectivity index (χ2n) is 20.0. The Morgan fingerprint density at radius 3 is 2.36 bits per heavy atom. The molecule has 2 saturated heterocycles. The summed E-state index contributed by atoms with van der Waals surface area (Å²) < 4.78 is 23.0. The molecule has 0 radical (unpaired) electrons. The monoisotopic (exact) mass is 1030 g/mol. The van der Waals surface area contributed by atoms with Crippen molar-refractivity contribution in [3.8, 4) is 17.1 Å². The van der Waals surface area contributed by atoms with E-state index in [9.17, 15) is 28.8 Å². The fourth-order valence-electron chi connectivity index (χ4n) is 9.25. The number of hydrogen-bond donors (Lipinski definition) is 5. The van der Waals surface area contributed by atoms with E-state index in [1.807, 2.05) is 82.3 Å². The van der Waals surface area contributed by atoms with Crippen molar-refractivity contribution in [1.82, 2.24) is 40.6 Å². The Morgan fingerprint density at radius 2 is 1.60 bits per heavy atom. The summed E-state index contributed by atoms with van der Waals surface area (Å²) >= 11 is 0. The smallest absolute Gasteiger partial charge is 0.410 e. The predicted octanol–water partition coefficient (Wildman–Crippen LogP) is 7.07. The van der Waals surface area contributed by atoms with Crippen LogP contribution in [0.2, 0.25) is 0 Å². The van der Waals surface area contributed by atoms with Crippen LogP contribution in [0, 0.1) is 0 Å². The number of carbonyl (C=O) groups is 6. The van der Waals surface area contributed by atoms with Gasteiger partial charge < -0.3 is 44.7 Å². The summed E-state index contributed by atoms with van der Waals surface area (Å²) in [4.78, 5) is 88.6. The first kappa shape index (κ1) is 53.6. The summed E-state index contributed by atoms with van der Waals surface area (Å²) in [5.74, 6) is 0.167. The Balaban J connectivity index is 0.710. The predicted molar refractivity (Wildman–Crippen MR) is 277 cm³/mol. The number of carbonyl (C=O) groups excluding carboxylic acids is 6. The average Bonchev–Trinajstić information content (AvgIpc) is 4.03. The van der Waals surface area contributed by atoms with Gasteiger partial charge in [-0.1, -0.05) is 24.3 Å². The topological polar surface area (TPSA) is 248 Å². The number of piperidine rings is 2. The van der Waals surface area contributed by atoms with Gasteiger partial charge in [0.2, 0.25) is 17.7 Å². The molecule has 5 aromatic rings. The second-order valence-corrected chi connectivity index (χ2v) is 20.0. The van der Waals surface area contributed by atoms with E-state index in [1.165, 1.54) is 4.90 Å². The molecule has 2 fully saturated rings. The van der Waals surface area contributed by atoms with Gasteiger partial charge in [-0.3, -0.25) is 39.4 Å². The van der Waals surface area contributed by atoms with E-state index in [2.05, 4.69) is 36.4 Å². The number of unbranched alkanes of at least 4 members (excludes halogenated alkanes) is 2. The minimum absolute atomic E-state index is 0.159. The van der Waals surface area contributed by atoms with Crippen LogP contribution < -0.4 is 26.0 Å². The molecule has 20 nitrogen and oxygen atoms in total. The van der Waals surface area contributed by atoms with Gasteiger partial charge >= 0.3 is 6.09 Å².